The molecular formula is C12H23N3O3S. The Bertz CT molecular complexity index is 398. The normalized spacial score (nSPS) is 22.4. The standard InChI is InChI=1S/C12H23N3O3S/c16-12(15-8-6-13-7-9-15)10-14-19(17,18)11-4-2-1-3-5-11/h11,13-14H,1-10H2. The van der Waals surface area contributed by atoms with Crippen molar-refractivity contribution in [3.8, 4) is 0 Å². The quantitative estimate of drug-likeness (QED) is 0.743. The maximum atomic E-state index is 12.1. The third kappa shape index (κ3) is 4.15. The fourth-order valence-electron chi connectivity index (χ4n) is 2.68. The zero-order valence-corrected chi connectivity index (χ0v) is 12.0. The molecule has 19 heavy (non-hydrogen) atoms. The van der Waals surface area contributed by atoms with E-state index >= 15 is 0 Å². The molecule has 0 aromatic heterocycles. The number of hydrogen-bond donors (Lipinski definition) is 2. The third-order valence-electron chi connectivity index (χ3n) is 3.89. The molecule has 0 atom stereocenters. The number of piperazine rings is 1. The Labute approximate surface area is 115 Å². The van der Waals surface area contributed by atoms with Gasteiger partial charge in [-0.2, -0.15) is 0 Å². The van der Waals surface area contributed by atoms with Crippen molar-refractivity contribution >= 4 is 15.9 Å². The van der Waals surface area contributed by atoms with Crippen molar-refractivity contribution in [2.45, 2.75) is 37.4 Å². The molecule has 7 heteroatoms. The predicted octanol–water partition coefficient (Wildman–Crippen LogP) is -0.330. The van der Waals surface area contributed by atoms with Crippen LogP contribution in [-0.2, 0) is 14.8 Å². The summed E-state index contributed by atoms with van der Waals surface area (Å²) in [5, 5.41) is 2.85. The Morgan fingerprint density at radius 3 is 2.42 bits per heavy atom. The van der Waals surface area contributed by atoms with E-state index in [1.54, 1.807) is 4.90 Å². The largest absolute Gasteiger partial charge is 0.339 e. The number of carbonyl (C=O) groups is 1. The highest BCUT2D eigenvalue weighted by Gasteiger charge is 2.28. The summed E-state index contributed by atoms with van der Waals surface area (Å²) < 4.78 is 26.6. The molecule has 110 valence electrons. The van der Waals surface area contributed by atoms with Gasteiger partial charge in [0.15, 0.2) is 0 Å². The minimum absolute atomic E-state index is 0.0984. The lowest BCUT2D eigenvalue weighted by Gasteiger charge is -2.28. The van der Waals surface area contributed by atoms with E-state index < -0.39 is 10.0 Å². The summed E-state index contributed by atoms with van der Waals surface area (Å²) in [5.41, 5.74) is 0. The van der Waals surface area contributed by atoms with E-state index in [1.807, 2.05) is 0 Å². The first-order valence-corrected chi connectivity index (χ1v) is 8.61. The summed E-state index contributed by atoms with van der Waals surface area (Å²) in [7, 11) is -3.33. The smallest absolute Gasteiger partial charge is 0.237 e. The van der Waals surface area contributed by atoms with E-state index in [0.29, 0.717) is 13.1 Å². The molecule has 1 saturated heterocycles. The number of hydrogen-bond acceptors (Lipinski definition) is 4. The molecule has 0 bridgehead atoms. The van der Waals surface area contributed by atoms with Crippen molar-refractivity contribution in [2.75, 3.05) is 32.7 Å². The fourth-order valence-corrected chi connectivity index (χ4v) is 4.20. The van der Waals surface area contributed by atoms with E-state index in [-0.39, 0.29) is 17.7 Å². The number of rotatable bonds is 4. The molecule has 2 aliphatic rings. The molecule has 0 aromatic carbocycles. The fraction of sp³-hybridized carbons (Fsp3) is 0.917. The second kappa shape index (κ2) is 6.67. The molecule has 0 radical (unpaired) electrons. The minimum atomic E-state index is -3.33. The van der Waals surface area contributed by atoms with Gasteiger partial charge in [-0.3, -0.25) is 4.79 Å². The highest BCUT2D eigenvalue weighted by atomic mass is 32.2. The van der Waals surface area contributed by atoms with Gasteiger partial charge in [0.1, 0.15) is 0 Å². The number of carbonyl (C=O) groups excluding carboxylic acids is 1. The molecule has 6 nitrogen and oxygen atoms in total. The molecule has 1 saturated carbocycles. The van der Waals surface area contributed by atoms with Crippen LogP contribution in [0.1, 0.15) is 32.1 Å². The molecule has 1 amide bonds. The molecule has 2 N–H and O–H groups in total. The van der Waals surface area contributed by atoms with Crippen LogP contribution in [0.4, 0.5) is 0 Å². The van der Waals surface area contributed by atoms with Gasteiger partial charge in [-0.15, -0.1) is 0 Å². The molecule has 1 aliphatic heterocycles. The zero-order valence-electron chi connectivity index (χ0n) is 11.2. The van der Waals surface area contributed by atoms with E-state index in [0.717, 1.165) is 45.2 Å². The first kappa shape index (κ1) is 14.7. The molecular weight excluding hydrogens is 266 g/mol. The number of sulfonamides is 1. The van der Waals surface area contributed by atoms with Gasteiger partial charge in [0.2, 0.25) is 15.9 Å². The maximum absolute atomic E-state index is 12.1. The summed E-state index contributed by atoms with van der Waals surface area (Å²) in [6.07, 6.45) is 4.49. The number of amides is 1. The number of nitrogens with zero attached hydrogens (tertiary/aromatic N) is 1. The van der Waals surface area contributed by atoms with Crippen molar-refractivity contribution in [1.29, 1.82) is 0 Å². The van der Waals surface area contributed by atoms with E-state index in [4.69, 9.17) is 0 Å². The molecule has 2 rings (SSSR count). The Kier molecular flexibility index (Phi) is 5.18. The summed E-state index contributed by atoms with van der Waals surface area (Å²) >= 11 is 0. The summed E-state index contributed by atoms with van der Waals surface area (Å²) in [5.74, 6) is -0.124. The van der Waals surface area contributed by atoms with E-state index in [9.17, 15) is 13.2 Å². The van der Waals surface area contributed by atoms with Crippen molar-refractivity contribution in [2.24, 2.45) is 0 Å². The first-order valence-electron chi connectivity index (χ1n) is 7.06. The number of nitrogens with one attached hydrogen (secondary N) is 2. The summed E-state index contributed by atoms with van der Waals surface area (Å²) in [6.45, 7) is 2.77. The Morgan fingerprint density at radius 1 is 1.16 bits per heavy atom. The van der Waals surface area contributed by atoms with Gasteiger partial charge in [0.05, 0.1) is 11.8 Å². The molecule has 0 aromatic rings. The molecule has 1 heterocycles. The lowest BCUT2D eigenvalue weighted by molar-refractivity contribution is -0.130. The lowest BCUT2D eigenvalue weighted by Crippen LogP contribution is -2.50. The average Bonchev–Trinajstić information content (AvgIpc) is 2.47. The highest BCUT2D eigenvalue weighted by Crippen LogP contribution is 2.22. The second-order valence-electron chi connectivity index (χ2n) is 5.26. The van der Waals surface area contributed by atoms with Gasteiger partial charge >= 0.3 is 0 Å². The van der Waals surface area contributed by atoms with Crippen LogP contribution >= 0.6 is 0 Å². The van der Waals surface area contributed by atoms with Crippen LogP contribution in [-0.4, -0.2) is 57.2 Å². The maximum Gasteiger partial charge on any atom is 0.237 e. The Hall–Kier alpha value is -0.660. The molecule has 2 fully saturated rings. The van der Waals surface area contributed by atoms with Crippen LogP contribution in [0.3, 0.4) is 0 Å². The van der Waals surface area contributed by atoms with Crippen LogP contribution in [0.15, 0.2) is 0 Å². The van der Waals surface area contributed by atoms with Gasteiger partial charge in [-0.1, -0.05) is 19.3 Å². The Morgan fingerprint density at radius 2 is 1.79 bits per heavy atom. The van der Waals surface area contributed by atoms with Crippen LogP contribution in [0.2, 0.25) is 0 Å². The third-order valence-corrected chi connectivity index (χ3v) is 5.78. The van der Waals surface area contributed by atoms with Gasteiger partial charge in [0, 0.05) is 26.2 Å². The first-order chi connectivity index (χ1) is 9.09. The van der Waals surface area contributed by atoms with Crippen molar-refractivity contribution in [3.05, 3.63) is 0 Å². The summed E-state index contributed by atoms with van der Waals surface area (Å²) in [6, 6.07) is 0. The van der Waals surface area contributed by atoms with E-state index in [2.05, 4.69) is 10.0 Å². The van der Waals surface area contributed by atoms with Gasteiger partial charge in [-0.25, -0.2) is 13.1 Å². The van der Waals surface area contributed by atoms with Gasteiger partial charge < -0.3 is 10.2 Å². The monoisotopic (exact) mass is 289 g/mol. The molecule has 0 unspecified atom stereocenters. The minimum Gasteiger partial charge on any atom is -0.339 e. The predicted molar refractivity (Wildman–Crippen MR) is 73.2 cm³/mol. The lowest BCUT2D eigenvalue weighted by atomic mass is 10.0. The topological polar surface area (TPSA) is 78.5 Å². The van der Waals surface area contributed by atoms with Crippen molar-refractivity contribution in [1.82, 2.24) is 14.9 Å². The average molecular weight is 289 g/mol. The van der Waals surface area contributed by atoms with Crippen molar-refractivity contribution in [3.63, 3.8) is 0 Å². The second-order valence-corrected chi connectivity index (χ2v) is 7.30. The van der Waals surface area contributed by atoms with Crippen LogP contribution in [0.5, 0.6) is 0 Å². The van der Waals surface area contributed by atoms with Gasteiger partial charge in [0.25, 0.3) is 0 Å². The van der Waals surface area contributed by atoms with Crippen LogP contribution in [0, 0.1) is 0 Å². The van der Waals surface area contributed by atoms with Gasteiger partial charge in [-0.05, 0) is 12.8 Å². The molecule has 1 aliphatic carbocycles. The van der Waals surface area contributed by atoms with Crippen molar-refractivity contribution < 1.29 is 13.2 Å². The Balaban J connectivity index is 1.81. The molecule has 0 spiro atoms. The highest BCUT2D eigenvalue weighted by molar-refractivity contribution is 7.90. The SMILES string of the molecule is O=C(CNS(=O)(=O)C1CCCCC1)N1CCNCC1. The van der Waals surface area contributed by atoms with Crippen LogP contribution in [0.25, 0.3) is 0 Å². The van der Waals surface area contributed by atoms with Crippen LogP contribution < -0.4 is 10.0 Å². The summed E-state index contributed by atoms with van der Waals surface area (Å²) in [4.78, 5) is 13.6. The van der Waals surface area contributed by atoms with E-state index in [1.165, 1.54) is 0 Å². The zero-order chi connectivity index (χ0) is 13.7.